The molecule has 265 valence electrons. The SMILES string of the molecule is C.C.C.Cc1ccc(C#N)c(-c2ccc(P=O)cc2)c1.Cc1ccc(P=O)cc1.Cc1ccccc1.O=Pc1ccc(-c2ccccc2)cc1.[B].[B].[B]. The van der Waals surface area contributed by atoms with Gasteiger partial charge in [0, 0.05) is 41.2 Å². The minimum absolute atomic E-state index is 0. The Morgan fingerprint density at radius 2 is 0.755 bits per heavy atom. The van der Waals surface area contributed by atoms with Gasteiger partial charge < -0.3 is 0 Å². The first-order valence-electron chi connectivity index (χ1n) is 14.7. The van der Waals surface area contributed by atoms with Crippen LogP contribution in [0.15, 0.2) is 152 Å². The first-order chi connectivity index (χ1) is 22.9. The standard InChI is InChI=1S/C14H10NOP.C12H9OP.C7H7OP.C7H8.3CH4.3B/c1-10-2-3-12(9-15)14(8-10)11-4-6-13(17-16)7-5-11;13-14-12-8-6-11(7-9-12)10-4-2-1-3-5-10;1-6-2-4-7(9-8)5-3-6;1-7-5-3-2-4-6-7;;;;;;/h2-8H,1H3;1-9H;2-5H,1H3;2-6H,1H3;3*1H4;;;. The van der Waals surface area contributed by atoms with Crippen LogP contribution in [0.3, 0.4) is 0 Å². The minimum atomic E-state index is 0. The number of nitriles is 1. The van der Waals surface area contributed by atoms with E-state index >= 15 is 0 Å². The van der Waals surface area contributed by atoms with Gasteiger partial charge >= 0.3 is 0 Å². The maximum Gasteiger partial charge on any atom is 0.192 e. The molecule has 0 unspecified atom stereocenters. The molecule has 0 bridgehead atoms. The van der Waals surface area contributed by atoms with Crippen molar-refractivity contribution in [2.24, 2.45) is 0 Å². The molecule has 0 heterocycles. The third-order valence-electron chi connectivity index (χ3n) is 6.74. The van der Waals surface area contributed by atoms with Gasteiger partial charge in [0.2, 0.25) is 0 Å². The number of aryl methyl sites for hydroxylation is 3. The molecule has 0 atom stereocenters. The Bertz CT molecular complexity index is 1900. The molecule has 6 aromatic rings. The van der Waals surface area contributed by atoms with Crippen molar-refractivity contribution in [1.29, 1.82) is 5.26 Å². The summed E-state index contributed by atoms with van der Waals surface area (Å²) < 4.78 is 31.4. The molecule has 0 amide bonds. The lowest BCUT2D eigenvalue weighted by Crippen LogP contribution is -1.91. The average Bonchev–Trinajstić information content (AvgIpc) is 3.13. The summed E-state index contributed by atoms with van der Waals surface area (Å²) in [5.74, 6) is 0. The Morgan fingerprint density at radius 1 is 0.415 bits per heavy atom. The molecule has 0 N–H and O–H groups in total. The zero-order valence-electron chi connectivity index (χ0n) is 28.2. The highest BCUT2D eigenvalue weighted by Crippen LogP contribution is 2.24. The van der Waals surface area contributed by atoms with Crippen molar-refractivity contribution in [3.8, 4) is 28.3 Å². The third kappa shape index (κ3) is 19.6. The predicted octanol–water partition coefficient (Wildman–Crippen LogP) is 11.4. The molecule has 6 aromatic carbocycles. The van der Waals surface area contributed by atoms with E-state index in [0.717, 1.165) is 38.2 Å². The summed E-state index contributed by atoms with van der Waals surface area (Å²) in [7, 11) is 0.198. The lowest BCUT2D eigenvalue weighted by Gasteiger charge is -2.05. The third-order valence-corrected chi connectivity index (χ3v) is 8.27. The Balaban J connectivity index is -0.000000304. The largest absolute Gasteiger partial charge is 0.269 e. The van der Waals surface area contributed by atoms with Gasteiger partial charge in [-0.05, 0) is 85.5 Å². The molecule has 9 radical (unpaired) electrons. The lowest BCUT2D eigenvalue weighted by atomic mass is 9.98. The van der Waals surface area contributed by atoms with E-state index in [0.29, 0.717) is 5.56 Å². The van der Waals surface area contributed by atoms with E-state index in [1.54, 1.807) is 12.1 Å². The van der Waals surface area contributed by atoms with E-state index in [1.807, 2.05) is 129 Å². The normalized spacial score (nSPS) is 8.79. The van der Waals surface area contributed by atoms with Gasteiger partial charge in [0.25, 0.3) is 0 Å². The quantitative estimate of drug-likeness (QED) is 0.130. The molecule has 0 fully saturated rings. The summed E-state index contributed by atoms with van der Waals surface area (Å²) in [5, 5.41) is 11.4. The smallest absolute Gasteiger partial charge is 0.192 e. The van der Waals surface area contributed by atoms with Crippen LogP contribution in [0.2, 0.25) is 0 Å². The summed E-state index contributed by atoms with van der Waals surface area (Å²) in [6.45, 7) is 6.08. The summed E-state index contributed by atoms with van der Waals surface area (Å²) in [5.41, 5.74) is 8.51. The Kier molecular flexibility index (Phi) is 32.1. The second kappa shape index (κ2) is 30.9. The highest BCUT2D eigenvalue weighted by Gasteiger charge is 2.05. The first-order valence-corrected chi connectivity index (χ1v) is 17.2. The summed E-state index contributed by atoms with van der Waals surface area (Å²) in [6, 6.07) is 51.0. The van der Waals surface area contributed by atoms with Crippen molar-refractivity contribution in [2.45, 2.75) is 43.1 Å². The van der Waals surface area contributed by atoms with Crippen LogP contribution < -0.4 is 15.9 Å². The molecule has 0 aliphatic heterocycles. The highest BCUT2D eigenvalue weighted by molar-refractivity contribution is 7.34. The van der Waals surface area contributed by atoms with Crippen LogP contribution in [0.1, 0.15) is 44.5 Å². The maximum absolute atomic E-state index is 10.7. The van der Waals surface area contributed by atoms with Crippen LogP contribution in [0.5, 0.6) is 0 Å². The van der Waals surface area contributed by atoms with Crippen LogP contribution in [0.25, 0.3) is 22.3 Å². The van der Waals surface area contributed by atoms with Crippen molar-refractivity contribution < 1.29 is 13.7 Å². The Hall–Kier alpha value is -4.70. The van der Waals surface area contributed by atoms with Gasteiger partial charge in [-0.1, -0.05) is 148 Å². The molecule has 53 heavy (non-hydrogen) atoms. The van der Waals surface area contributed by atoms with Gasteiger partial charge in [-0.2, -0.15) is 5.26 Å². The van der Waals surface area contributed by atoms with Crippen LogP contribution in [0.4, 0.5) is 0 Å². The van der Waals surface area contributed by atoms with Crippen molar-refractivity contribution in [3.63, 3.8) is 0 Å². The summed E-state index contributed by atoms with van der Waals surface area (Å²) in [4.78, 5) is 0. The average molecular weight is 750 g/mol. The minimum Gasteiger partial charge on any atom is -0.269 e. The van der Waals surface area contributed by atoms with Crippen LogP contribution in [-0.2, 0) is 13.7 Å². The molecule has 4 nitrogen and oxygen atoms in total. The van der Waals surface area contributed by atoms with Crippen LogP contribution >= 0.6 is 25.4 Å². The number of rotatable bonds is 5. The fourth-order valence-electron chi connectivity index (χ4n) is 4.18. The molecule has 0 aliphatic carbocycles. The molecule has 0 aromatic heterocycles. The van der Waals surface area contributed by atoms with E-state index in [-0.39, 0.29) is 72.9 Å². The fourth-order valence-corrected chi connectivity index (χ4v) is 4.99. The monoisotopic (exact) mass is 750 g/mol. The Labute approximate surface area is 329 Å². The van der Waals surface area contributed by atoms with Crippen molar-refractivity contribution >= 4 is 66.5 Å². The number of benzene rings is 6. The van der Waals surface area contributed by atoms with Crippen LogP contribution in [-0.4, -0.2) is 25.2 Å². The van der Waals surface area contributed by atoms with Gasteiger partial charge in [0.15, 0.2) is 25.4 Å². The van der Waals surface area contributed by atoms with Gasteiger partial charge in [-0.3, -0.25) is 13.7 Å². The van der Waals surface area contributed by atoms with Crippen molar-refractivity contribution in [3.05, 3.63) is 174 Å². The van der Waals surface area contributed by atoms with Gasteiger partial charge in [-0.15, -0.1) is 0 Å². The van der Waals surface area contributed by atoms with Crippen molar-refractivity contribution in [1.82, 2.24) is 0 Å². The van der Waals surface area contributed by atoms with Gasteiger partial charge in [0.05, 0.1) is 11.6 Å². The highest BCUT2D eigenvalue weighted by atomic mass is 31.1. The molecular formula is C43H46B3NO3P3. The molecule has 0 spiro atoms. The zero-order valence-corrected chi connectivity index (χ0v) is 30.9. The second-order valence-corrected chi connectivity index (χ2v) is 12.5. The molecule has 0 aliphatic rings. The summed E-state index contributed by atoms with van der Waals surface area (Å²) in [6.07, 6.45) is 0. The fraction of sp³-hybridized carbons (Fsp3) is 0.140. The number of nitrogens with zero attached hydrogens (tertiary/aromatic N) is 1. The van der Waals surface area contributed by atoms with E-state index in [4.69, 9.17) is 5.26 Å². The molecule has 10 heteroatoms. The number of hydrogen-bond donors (Lipinski definition) is 0. The van der Waals surface area contributed by atoms with E-state index in [9.17, 15) is 13.7 Å². The Morgan fingerprint density at radius 3 is 1.13 bits per heavy atom. The second-order valence-electron chi connectivity index (χ2n) is 10.4. The van der Waals surface area contributed by atoms with E-state index in [1.165, 1.54) is 16.7 Å². The number of hydrogen-bond acceptors (Lipinski definition) is 4. The van der Waals surface area contributed by atoms with Crippen LogP contribution in [0, 0.1) is 32.1 Å². The van der Waals surface area contributed by atoms with E-state index < -0.39 is 0 Å². The molecule has 0 saturated heterocycles. The van der Waals surface area contributed by atoms with Crippen molar-refractivity contribution in [2.75, 3.05) is 0 Å². The molecule has 6 rings (SSSR count). The predicted molar refractivity (Wildman–Crippen MR) is 235 cm³/mol. The van der Waals surface area contributed by atoms with E-state index in [2.05, 4.69) is 37.3 Å². The van der Waals surface area contributed by atoms with Gasteiger partial charge in [0.1, 0.15) is 0 Å². The maximum atomic E-state index is 10.7. The molecule has 0 saturated carbocycles. The topological polar surface area (TPSA) is 75.0 Å². The van der Waals surface area contributed by atoms with Gasteiger partial charge in [-0.25, -0.2) is 0 Å². The molecular weight excluding hydrogens is 704 g/mol. The lowest BCUT2D eigenvalue weighted by molar-refractivity contribution is 0.602. The summed E-state index contributed by atoms with van der Waals surface area (Å²) >= 11 is 0. The zero-order chi connectivity index (χ0) is 33.9. The first kappa shape index (κ1) is 55.1.